The zero-order valence-electron chi connectivity index (χ0n) is 8.21. The minimum atomic E-state index is -0.461. The van der Waals surface area contributed by atoms with Crippen LogP contribution in [0.15, 0.2) is 36.5 Å². The van der Waals surface area contributed by atoms with Crippen LogP contribution in [-0.2, 0) is 6.54 Å². The van der Waals surface area contributed by atoms with Crippen molar-refractivity contribution in [2.75, 3.05) is 0 Å². The van der Waals surface area contributed by atoms with Gasteiger partial charge in [-0.2, -0.15) is 0 Å². The zero-order chi connectivity index (χ0) is 11.5. The Kier molecular flexibility index (Phi) is 2.87. The van der Waals surface area contributed by atoms with Gasteiger partial charge in [-0.3, -0.25) is 0 Å². The molecule has 1 aromatic carbocycles. The maximum atomic E-state index is 10.7. The molecule has 0 saturated carbocycles. The highest BCUT2D eigenvalue weighted by Gasteiger charge is 2.13. The van der Waals surface area contributed by atoms with Crippen LogP contribution in [0, 0.1) is 10.1 Å². The van der Waals surface area contributed by atoms with E-state index in [0.29, 0.717) is 11.6 Å². The summed E-state index contributed by atoms with van der Waals surface area (Å²) in [7, 11) is 0. The first-order valence-corrected chi connectivity index (χ1v) is 4.95. The molecule has 82 valence electrons. The van der Waals surface area contributed by atoms with Crippen molar-refractivity contribution in [2.24, 2.45) is 0 Å². The molecule has 1 heterocycles. The topological polar surface area (TPSA) is 61.0 Å². The molecule has 0 amide bonds. The minimum absolute atomic E-state index is 0.0278. The predicted octanol–water partition coefficient (Wildman–Crippen LogP) is 2.49. The van der Waals surface area contributed by atoms with Crippen LogP contribution in [0.25, 0.3) is 0 Å². The third kappa shape index (κ3) is 2.20. The summed E-state index contributed by atoms with van der Waals surface area (Å²) in [6, 6.07) is 8.52. The largest absolute Gasteiger partial charge is 0.358 e. The molecule has 0 fully saturated rings. The highest BCUT2D eigenvalue weighted by atomic mass is 35.5. The number of benzene rings is 1. The van der Waals surface area contributed by atoms with Crippen LogP contribution in [0.4, 0.5) is 5.82 Å². The van der Waals surface area contributed by atoms with E-state index in [9.17, 15) is 10.1 Å². The predicted molar refractivity (Wildman–Crippen MR) is 59.4 cm³/mol. The molecule has 0 bridgehead atoms. The molecule has 0 saturated heterocycles. The number of aromatic nitrogens is 2. The Labute approximate surface area is 96.4 Å². The SMILES string of the molecule is O=[N+]([O-])c1ccnn1Cc1cccc(Cl)c1. The van der Waals surface area contributed by atoms with Gasteiger partial charge in [0.05, 0.1) is 12.3 Å². The summed E-state index contributed by atoms with van der Waals surface area (Å²) in [5.74, 6) is -0.0278. The molecule has 5 nitrogen and oxygen atoms in total. The van der Waals surface area contributed by atoms with Crippen molar-refractivity contribution in [3.05, 3.63) is 57.2 Å². The van der Waals surface area contributed by atoms with Gasteiger partial charge in [0, 0.05) is 5.02 Å². The number of nitrogens with zero attached hydrogens (tertiary/aromatic N) is 3. The van der Waals surface area contributed by atoms with Gasteiger partial charge in [0.25, 0.3) is 0 Å². The van der Waals surface area contributed by atoms with Crippen LogP contribution in [0.3, 0.4) is 0 Å². The second-order valence-corrected chi connectivity index (χ2v) is 3.67. The van der Waals surface area contributed by atoms with E-state index in [-0.39, 0.29) is 5.82 Å². The molecule has 16 heavy (non-hydrogen) atoms. The zero-order valence-corrected chi connectivity index (χ0v) is 8.96. The summed E-state index contributed by atoms with van der Waals surface area (Å²) in [6.45, 7) is 0.337. The van der Waals surface area contributed by atoms with E-state index in [1.54, 1.807) is 18.2 Å². The molecule has 0 atom stereocenters. The van der Waals surface area contributed by atoms with E-state index in [1.807, 2.05) is 6.07 Å². The average Bonchev–Trinajstić information content (AvgIpc) is 2.66. The monoisotopic (exact) mass is 237 g/mol. The van der Waals surface area contributed by atoms with Crippen molar-refractivity contribution in [3.63, 3.8) is 0 Å². The molecule has 6 heteroatoms. The Hall–Kier alpha value is -1.88. The van der Waals surface area contributed by atoms with Crippen LogP contribution in [0.1, 0.15) is 5.56 Å². The Balaban J connectivity index is 2.27. The van der Waals surface area contributed by atoms with E-state index >= 15 is 0 Å². The molecule has 0 aliphatic rings. The van der Waals surface area contributed by atoms with Crippen molar-refractivity contribution in [2.45, 2.75) is 6.54 Å². The fraction of sp³-hybridized carbons (Fsp3) is 0.100. The number of rotatable bonds is 3. The summed E-state index contributed by atoms with van der Waals surface area (Å²) in [6.07, 6.45) is 1.41. The molecule has 0 aliphatic carbocycles. The van der Waals surface area contributed by atoms with E-state index in [4.69, 9.17) is 11.6 Å². The average molecular weight is 238 g/mol. The lowest BCUT2D eigenvalue weighted by atomic mass is 10.2. The first kappa shape index (κ1) is 10.6. The molecule has 0 aliphatic heterocycles. The molecular formula is C10H8ClN3O2. The lowest BCUT2D eigenvalue weighted by molar-refractivity contribution is -0.392. The highest BCUT2D eigenvalue weighted by molar-refractivity contribution is 6.30. The van der Waals surface area contributed by atoms with Crippen LogP contribution in [0.2, 0.25) is 5.02 Å². The molecule has 2 aromatic rings. The van der Waals surface area contributed by atoms with E-state index < -0.39 is 4.92 Å². The molecule has 1 aromatic heterocycles. The van der Waals surface area contributed by atoms with Gasteiger partial charge in [0.2, 0.25) is 0 Å². The first-order valence-electron chi connectivity index (χ1n) is 4.57. The van der Waals surface area contributed by atoms with Crippen molar-refractivity contribution in [3.8, 4) is 0 Å². The third-order valence-electron chi connectivity index (χ3n) is 2.10. The van der Waals surface area contributed by atoms with Gasteiger partial charge in [-0.05, 0) is 22.6 Å². The number of hydrogen-bond acceptors (Lipinski definition) is 3. The Morgan fingerprint density at radius 1 is 1.44 bits per heavy atom. The van der Waals surface area contributed by atoms with Gasteiger partial charge in [-0.25, -0.2) is 0 Å². The van der Waals surface area contributed by atoms with Gasteiger partial charge in [-0.1, -0.05) is 28.8 Å². The molecule has 2 rings (SSSR count). The summed E-state index contributed by atoms with van der Waals surface area (Å²) < 4.78 is 1.33. The lowest BCUT2D eigenvalue weighted by Crippen LogP contribution is -2.05. The van der Waals surface area contributed by atoms with Crippen molar-refractivity contribution in [1.82, 2.24) is 9.78 Å². The van der Waals surface area contributed by atoms with Crippen molar-refractivity contribution in [1.29, 1.82) is 0 Å². The maximum absolute atomic E-state index is 10.7. The summed E-state index contributed by atoms with van der Waals surface area (Å²) in [5.41, 5.74) is 0.874. The summed E-state index contributed by atoms with van der Waals surface area (Å²) >= 11 is 5.82. The molecule has 0 N–H and O–H groups in total. The third-order valence-corrected chi connectivity index (χ3v) is 2.34. The van der Waals surface area contributed by atoms with Gasteiger partial charge >= 0.3 is 5.82 Å². The number of nitro groups is 1. The normalized spacial score (nSPS) is 10.3. The van der Waals surface area contributed by atoms with E-state index in [1.165, 1.54) is 16.9 Å². The fourth-order valence-corrected chi connectivity index (χ4v) is 1.62. The fourth-order valence-electron chi connectivity index (χ4n) is 1.41. The van der Waals surface area contributed by atoms with E-state index in [0.717, 1.165) is 5.56 Å². The highest BCUT2D eigenvalue weighted by Crippen LogP contribution is 2.15. The second-order valence-electron chi connectivity index (χ2n) is 3.23. The Morgan fingerprint density at radius 2 is 2.25 bits per heavy atom. The van der Waals surface area contributed by atoms with Crippen LogP contribution >= 0.6 is 11.6 Å². The molecule has 0 unspecified atom stereocenters. The Bertz CT molecular complexity index is 524. The molecular weight excluding hydrogens is 230 g/mol. The molecule has 0 radical (unpaired) electrons. The van der Waals surface area contributed by atoms with Crippen molar-refractivity contribution < 1.29 is 4.92 Å². The smallest absolute Gasteiger partial charge is 0.345 e. The second kappa shape index (κ2) is 4.32. The molecule has 0 spiro atoms. The van der Waals surface area contributed by atoms with Gasteiger partial charge < -0.3 is 10.1 Å². The summed E-state index contributed by atoms with van der Waals surface area (Å²) in [5, 5.41) is 15.2. The van der Waals surface area contributed by atoms with Crippen LogP contribution in [0.5, 0.6) is 0 Å². The van der Waals surface area contributed by atoms with Gasteiger partial charge in [-0.15, -0.1) is 4.68 Å². The maximum Gasteiger partial charge on any atom is 0.345 e. The first-order chi connectivity index (χ1) is 7.66. The van der Waals surface area contributed by atoms with Gasteiger partial charge in [0.1, 0.15) is 6.54 Å². The number of halogens is 1. The Morgan fingerprint density at radius 3 is 2.94 bits per heavy atom. The number of hydrogen-bond donors (Lipinski definition) is 0. The summed E-state index contributed by atoms with van der Waals surface area (Å²) in [4.78, 5) is 10.2. The lowest BCUT2D eigenvalue weighted by Gasteiger charge is -2.00. The van der Waals surface area contributed by atoms with Gasteiger partial charge in [0.15, 0.2) is 0 Å². The minimum Gasteiger partial charge on any atom is -0.358 e. The van der Waals surface area contributed by atoms with Crippen LogP contribution < -0.4 is 0 Å². The standard InChI is InChI=1S/C10H8ClN3O2/c11-9-3-1-2-8(6-9)7-13-10(14(15)16)4-5-12-13/h1-6H,7H2. The van der Waals surface area contributed by atoms with Crippen molar-refractivity contribution >= 4 is 17.4 Å². The van der Waals surface area contributed by atoms with Crippen LogP contribution in [-0.4, -0.2) is 14.7 Å². The van der Waals surface area contributed by atoms with E-state index in [2.05, 4.69) is 5.10 Å². The quantitative estimate of drug-likeness (QED) is 0.609.